The predicted octanol–water partition coefficient (Wildman–Crippen LogP) is 3.89. The van der Waals surface area contributed by atoms with Crippen LogP contribution >= 0.6 is 11.6 Å². The molecular weight excluding hydrogens is 328 g/mol. The molecule has 0 aliphatic heterocycles. The fourth-order valence-corrected chi connectivity index (χ4v) is 2.29. The fourth-order valence-electron chi connectivity index (χ4n) is 2.16. The Morgan fingerprint density at radius 3 is 2.50 bits per heavy atom. The molecule has 5 nitrogen and oxygen atoms in total. The first-order valence-corrected chi connectivity index (χ1v) is 7.66. The molecule has 0 saturated heterocycles. The first-order valence-electron chi connectivity index (χ1n) is 7.28. The van der Waals surface area contributed by atoms with Crippen molar-refractivity contribution in [2.24, 2.45) is 0 Å². The van der Waals surface area contributed by atoms with Crippen LogP contribution in [-0.4, -0.2) is 22.9 Å². The summed E-state index contributed by atoms with van der Waals surface area (Å²) >= 11 is 5.83. The zero-order valence-corrected chi connectivity index (χ0v) is 13.7. The van der Waals surface area contributed by atoms with Crippen molar-refractivity contribution in [2.45, 2.75) is 6.61 Å². The highest BCUT2D eigenvalue weighted by Crippen LogP contribution is 2.21. The van der Waals surface area contributed by atoms with Gasteiger partial charge in [0, 0.05) is 5.02 Å². The highest BCUT2D eigenvalue weighted by molar-refractivity contribution is 6.30. The molecule has 0 saturated carbocycles. The van der Waals surface area contributed by atoms with Gasteiger partial charge in [-0.15, -0.1) is 0 Å². The summed E-state index contributed by atoms with van der Waals surface area (Å²) in [7, 11) is 1.49. The number of aromatic nitrogens is 2. The van der Waals surface area contributed by atoms with Crippen LogP contribution < -0.4 is 4.74 Å². The van der Waals surface area contributed by atoms with E-state index in [0.717, 1.165) is 11.3 Å². The molecule has 0 spiro atoms. The number of methoxy groups -OCH3 is 1. The number of benzene rings is 2. The molecule has 1 aromatic heterocycles. The van der Waals surface area contributed by atoms with Crippen molar-refractivity contribution in [3.05, 3.63) is 77.1 Å². The summed E-state index contributed by atoms with van der Waals surface area (Å²) in [6.45, 7) is 0.136. The summed E-state index contributed by atoms with van der Waals surface area (Å²) in [6, 6.07) is 16.6. The molecule has 0 aliphatic rings. The number of hydrogen-bond acceptors (Lipinski definition) is 4. The van der Waals surface area contributed by atoms with E-state index in [4.69, 9.17) is 21.1 Å². The third kappa shape index (κ3) is 3.58. The number of halogens is 1. The van der Waals surface area contributed by atoms with E-state index in [1.807, 2.05) is 30.3 Å². The Morgan fingerprint density at radius 1 is 1.12 bits per heavy atom. The molecule has 0 amide bonds. The quantitative estimate of drug-likeness (QED) is 0.660. The molecule has 0 fully saturated rings. The molecular formula is C18H15ClN2O3. The number of esters is 1. The summed E-state index contributed by atoms with van der Waals surface area (Å²) in [5.41, 5.74) is 1.80. The maximum absolute atomic E-state index is 12.3. The number of ether oxygens (including phenoxy) is 2. The third-order valence-electron chi connectivity index (χ3n) is 3.40. The third-order valence-corrected chi connectivity index (χ3v) is 3.65. The molecule has 2 aromatic carbocycles. The van der Waals surface area contributed by atoms with Crippen LogP contribution in [-0.2, 0) is 11.3 Å². The molecule has 122 valence electrons. The topological polar surface area (TPSA) is 53.4 Å². The minimum atomic E-state index is -0.545. The van der Waals surface area contributed by atoms with E-state index >= 15 is 0 Å². The molecule has 0 unspecified atom stereocenters. The molecule has 0 radical (unpaired) electrons. The van der Waals surface area contributed by atoms with Crippen LogP contribution in [0.3, 0.4) is 0 Å². The van der Waals surface area contributed by atoms with Crippen LogP contribution in [0.2, 0.25) is 5.02 Å². The average molecular weight is 343 g/mol. The van der Waals surface area contributed by atoms with Gasteiger partial charge in [0.25, 0.3) is 0 Å². The molecule has 6 heteroatoms. The van der Waals surface area contributed by atoms with Gasteiger partial charge in [-0.05, 0) is 29.8 Å². The van der Waals surface area contributed by atoms with E-state index in [1.165, 1.54) is 7.11 Å². The van der Waals surface area contributed by atoms with Gasteiger partial charge < -0.3 is 9.47 Å². The smallest absolute Gasteiger partial charge is 0.363 e. The van der Waals surface area contributed by atoms with E-state index in [-0.39, 0.29) is 12.3 Å². The lowest BCUT2D eigenvalue weighted by atomic mass is 10.2. The predicted molar refractivity (Wildman–Crippen MR) is 90.7 cm³/mol. The van der Waals surface area contributed by atoms with Gasteiger partial charge >= 0.3 is 5.97 Å². The fraction of sp³-hybridized carbons (Fsp3) is 0.111. The Balaban J connectivity index is 1.76. The van der Waals surface area contributed by atoms with Crippen molar-refractivity contribution < 1.29 is 14.3 Å². The lowest BCUT2D eigenvalue weighted by Gasteiger charge is -2.04. The molecule has 3 rings (SSSR count). The molecule has 0 aliphatic carbocycles. The summed E-state index contributed by atoms with van der Waals surface area (Å²) in [5, 5.41) is 4.91. The molecule has 0 N–H and O–H groups in total. The van der Waals surface area contributed by atoms with Crippen LogP contribution in [0.4, 0.5) is 0 Å². The Kier molecular flexibility index (Phi) is 4.82. The maximum atomic E-state index is 12.3. The van der Waals surface area contributed by atoms with Crippen molar-refractivity contribution in [2.75, 3.05) is 7.11 Å². The van der Waals surface area contributed by atoms with Gasteiger partial charge in [0.1, 0.15) is 6.61 Å². The van der Waals surface area contributed by atoms with Crippen molar-refractivity contribution in [1.82, 2.24) is 9.78 Å². The Bertz CT molecular complexity index is 829. The monoisotopic (exact) mass is 342 g/mol. The van der Waals surface area contributed by atoms with Crippen molar-refractivity contribution in [3.63, 3.8) is 0 Å². The molecule has 3 aromatic rings. The van der Waals surface area contributed by atoms with Gasteiger partial charge in [0.05, 0.1) is 19.0 Å². The minimum Gasteiger partial charge on any atom is -0.493 e. The Morgan fingerprint density at radius 2 is 1.83 bits per heavy atom. The van der Waals surface area contributed by atoms with E-state index in [9.17, 15) is 4.79 Å². The van der Waals surface area contributed by atoms with Crippen LogP contribution in [0.25, 0.3) is 5.69 Å². The second-order valence-corrected chi connectivity index (χ2v) is 5.47. The summed E-state index contributed by atoms with van der Waals surface area (Å²) < 4.78 is 12.1. The number of para-hydroxylation sites is 1. The maximum Gasteiger partial charge on any atom is 0.363 e. The molecule has 0 atom stereocenters. The van der Waals surface area contributed by atoms with Gasteiger partial charge in [-0.2, -0.15) is 5.10 Å². The van der Waals surface area contributed by atoms with E-state index < -0.39 is 5.97 Å². The number of hydrogen-bond donors (Lipinski definition) is 0. The SMILES string of the molecule is COc1cn(-c2ccccc2)nc1C(=O)OCc1ccc(Cl)cc1. The molecule has 24 heavy (non-hydrogen) atoms. The number of rotatable bonds is 5. The second-order valence-electron chi connectivity index (χ2n) is 5.03. The number of carbonyl (C=O) groups is 1. The van der Waals surface area contributed by atoms with Crippen molar-refractivity contribution in [1.29, 1.82) is 0 Å². The standard InChI is InChI=1S/C18H15ClN2O3/c1-23-16-11-21(15-5-3-2-4-6-15)20-17(16)18(22)24-12-13-7-9-14(19)10-8-13/h2-11H,12H2,1H3. The normalized spacial score (nSPS) is 10.4. The highest BCUT2D eigenvalue weighted by Gasteiger charge is 2.20. The summed E-state index contributed by atoms with van der Waals surface area (Å²) in [6.07, 6.45) is 1.65. The number of nitrogens with zero attached hydrogens (tertiary/aromatic N) is 2. The van der Waals surface area contributed by atoms with E-state index in [1.54, 1.807) is 35.1 Å². The minimum absolute atomic E-state index is 0.135. The van der Waals surface area contributed by atoms with Crippen LogP contribution in [0.1, 0.15) is 16.1 Å². The van der Waals surface area contributed by atoms with Crippen molar-refractivity contribution in [3.8, 4) is 11.4 Å². The van der Waals surface area contributed by atoms with Crippen LogP contribution in [0, 0.1) is 0 Å². The van der Waals surface area contributed by atoms with Crippen LogP contribution in [0.5, 0.6) is 5.75 Å². The summed E-state index contributed by atoms with van der Waals surface area (Å²) in [5.74, 6) is -0.184. The Hall–Kier alpha value is -2.79. The van der Waals surface area contributed by atoms with Gasteiger partial charge in [0.2, 0.25) is 5.69 Å². The first kappa shape index (κ1) is 16.1. The highest BCUT2D eigenvalue weighted by atomic mass is 35.5. The second kappa shape index (κ2) is 7.19. The zero-order valence-electron chi connectivity index (χ0n) is 13.0. The Labute approximate surface area is 144 Å². The lowest BCUT2D eigenvalue weighted by molar-refractivity contribution is 0.0461. The first-order chi connectivity index (χ1) is 11.7. The number of carbonyl (C=O) groups excluding carboxylic acids is 1. The van der Waals surface area contributed by atoms with Crippen LogP contribution in [0.15, 0.2) is 60.8 Å². The van der Waals surface area contributed by atoms with Crippen molar-refractivity contribution >= 4 is 17.6 Å². The summed E-state index contributed by atoms with van der Waals surface area (Å²) in [4.78, 5) is 12.3. The van der Waals surface area contributed by atoms with Gasteiger partial charge in [-0.25, -0.2) is 9.48 Å². The largest absolute Gasteiger partial charge is 0.493 e. The molecule has 0 bridgehead atoms. The van der Waals surface area contributed by atoms with Gasteiger partial charge in [-0.1, -0.05) is 41.9 Å². The average Bonchev–Trinajstić information content (AvgIpc) is 3.06. The van der Waals surface area contributed by atoms with Gasteiger partial charge in [0.15, 0.2) is 5.75 Å². The zero-order chi connectivity index (χ0) is 16.9. The van der Waals surface area contributed by atoms with E-state index in [0.29, 0.717) is 10.8 Å². The lowest BCUT2D eigenvalue weighted by Crippen LogP contribution is -2.08. The molecule has 1 heterocycles. The van der Waals surface area contributed by atoms with E-state index in [2.05, 4.69) is 5.10 Å². The van der Waals surface area contributed by atoms with Gasteiger partial charge in [-0.3, -0.25) is 0 Å².